The molecule has 0 fully saturated rings. The van der Waals surface area contributed by atoms with Gasteiger partial charge in [0.05, 0.1) is 5.56 Å². The van der Waals surface area contributed by atoms with Crippen LogP contribution in [0.1, 0.15) is 61.7 Å². The van der Waals surface area contributed by atoms with Gasteiger partial charge in [0.1, 0.15) is 0 Å². The zero-order valence-electron chi connectivity index (χ0n) is 13.5. The van der Waals surface area contributed by atoms with E-state index in [4.69, 9.17) is 15.5 Å². The fourth-order valence-corrected chi connectivity index (χ4v) is 1.89. The lowest BCUT2D eigenvalue weighted by Gasteiger charge is -1.98. The first-order valence-corrected chi connectivity index (χ1v) is 7.81. The quantitative estimate of drug-likeness (QED) is 0.338. The molecule has 0 aliphatic heterocycles. The van der Waals surface area contributed by atoms with Crippen molar-refractivity contribution in [1.82, 2.24) is 0 Å². The Kier molecular flexibility index (Phi) is 12.8. The number of hydrogen-bond acceptors (Lipinski definition) is 5. The van der Waals surface area contributed by atoms with Crippen LogP contribution in [0.15, 0.2) is 30.3 Å². The summed E-state index contributed by atoms with van der Waals surface area (Å²) in [6.07, 6.45) is 5.82. The van der Waals surface area contributed by atoms with Crippen molar-refractivity contribution < 1.29 is 34.7 Å². The van der Waals surface area contributed by atoms with Crippen molar-refractivity contribution in [2.75, 3.05) is 0 Å². The van der Waals surface area contributed by atoms with Crippen LogP contribution in [0.4, 0.5) is 0 Å². The van der Waals surface area contributed by atoms with E-state index in [9.17, 15) is 14.4 Å². The van der Waals surface area contributed by atoms with Crippen LogP contribution in [0.5, 0.6) is 0 Å². The minimum atomic E-state index is -0.740. The lowest BCUT2D eigenvalue weighted by atomic mass is 10.1. The number of carboxylic acid groups (broad SMARTS) is 2. The van der Waals surface area contributed by atoms with Crippen LogP contribution in [0, 0.1) is 0 Å². The van der Waals surface area contributed by atoms with Crippen molar-refractivity contribution in [1.29, 1.82) is 0 Å². The second kappa shape index (κ2) is 14.2. The molecule has 0 atom stereocenters. The largest absolute Gasteiger partial charge is 0.481 e. The van der Waals surface area contributed by atoms with E-state index < -0.39 is 17.9 Å². The van der Waals surface area contributed by atoms with Crippen LogP contribution in [-0.4, -0.2) is 33.4 Å². The molecule has 7 nitrogen and oxygen atoms in total. The SMILES string of the molecule is O=C(O)CCCCCCCCC(=O)O.O=C(OO)c1ccccc1. The maximum absolute atomic E-state index is 10.5. The lowest BCUT2D eigenvalue weighted by molar-refractivity contribution is -0.182. The van der Waals surface area contributed by atoms with E-state index >= 15 is 0 Å². The summed E-state index contributed by atoms with van der Waals surface area (Å²) in [4.78, 5) is 34.3. The molecule has 0 amide bonds. The number of hydrogen-bond donors (Lipinski definition) is 3. The average molecular weight is 340 g/mol. The minimum Gasteiger partial charge on any atom is -0.481 e. The summed E-state index contributed by atoms with van der Waals surface area (Å²) in [5, 5.41) is 24.6. The topological polar surface area (TPSA) is 121 Å². The van der Waals surface area contributed by atoms with Crippen LogP contribution >= 0.6 is 0 Å². The van der Waals surface area contributed by atoms with Crippen LogP contribution in [0.3, 0.4) is 0 Å². The molecular weight excluding hydrogens is 316 g/mol. The second-order valence-electron chi connectivity index (χ2n) is 5.15. The van der Waals surface area contributed by atoms with Gasteiger partial charge in [-0.3, -0.25) is 14.5 Å². The van der Waals surface area contributed by atoms with Crippen LogP contribution in [0.25, 0.3) is 0 Å². The Morgan fingerprint density at radius 1 is 0.750 bits per heavy atom. The van der Waals surface area contributed by atoms with Crippen molar-refractivity contribution in [2.45, 2.75) is 51.4 Å². The second-order valence-corrected chi connectivity index (χ2v) is 5.15. The summed E-state index contributed by atoms with van der Waals surface area (Å²) in [6, 6.07) is 8.25. The Morgan fingerprint density at radius 2 is 1.17 bits per heavy atom. The van der Waals surface area contributed by atoms with E-state index in [1.165, 1.54) is 0 Å². The Hall–Kier alpha value is -2.41. The van der Waals surface area contributed by atoms with Crippen LogP contribution in [0.2, 0.25) is 0 Å². The molecule has 0 saturated heterocycles. The van der Waals surface area contributed by atoms with Crippen LogP contribution < -0.4 is 0 Å². The molecule has 0 bridgehead atoms. The third-order valence-corrected chi connectivity index (χ3v) is 3.12. The van der Waals surface area contributed by atoms with Gasteiger partial charge in [-0.1, -0.05) is 43.9 Å². The molecule has 0 spiro atoms. The summed E-state index contributed by atoms with van der Waals surface area (Å²) >= 11 is 0. The first-order valence-electron chi connectivity index (χ1n) is 7.81. The fraction of sp³-hybridized carbons (Fsp3) is 0.471. The standard InChI is InChI=1S/C10H18O4.C7H6O3/c11-9(12)7-5-3-1-2-4-6-8-10(13)14;8-7(10-9)6-4-2-1-3-5-6/h1-8H2,(H,11,12)(H,13,14);1-5,9H. The first-order chi connectivity index (χ1) is 11.5. The maximum atomic E-state index is 10.5. The summed E-state index contributed by atoms with van der Waals surface area (Å²) in [5.74, 6) is -2.22. The fourth-order valence-electron chi connectivity index (χ4n) is 1.89. The van der Waals surface area contributed by atoms with E-state index in [1.54, 1.807) is 30.3 Å². The van der Waals surface area contributed by atoms with E-state index in [-0.39, 0.29) is 12.8 Å². The lowest BCUT2D eigenvalue weighted by Crippen LogP contribution is -2.00. The Balaban J connectivity index is 0.000000463. The number of carbonyl (C=O) groups excluding carboxylic acids is 1. The molecule has 7 heteroatoms. The third-order valence-electron chi connectivity index (χ3n) is 3.12. The number of rotatable bonds is 10. The van der Waals surface area contributed by atoms with Crippen LogP contribution in [-0.2, 0) is 14.5 Å². The molecule has 134 valence electrons. The Labute approximate surface area is 140 Å². The molecule has 0 heterocycles. The molecule has 0 aliphatic carbocycles. The Morgan fingerprint density at radius 3 is 1.54 bits per heavy atom. The average Bonchev–Trinajstić information content (AvgIpc) is 2.57. The first kappa shape index (κ1) is 21.6. The minimum absolute atomic E-state index is 0.245. The third kappa shape index (κ3) is 13.3. The van der Waals surface area contributed by atoms with Crippen molar-refractivity contribution in [3.05, 3.63) is 35.9 Å². The van der Waals surface area contributed by atoms with Crippen molar-refractivity contribution in [3.63, 3.8) is 0 Å². The molecule has 1 aromatic rings. The van der Waals surface area contributed by atoms with Gasteiger partial charge in [-0.2, -0.15) is 5.26 Å². The molecule has 0 unspecified atom stereocenters. The predicted octanol–water partition coefficient (Wildman–Crippen LogP) is 3.59. The molecule has 1 aromatic carbocycles. The van der Waals surface area contributed by atoms with Crippen molar-refractivity contribution >= 4 is 17.9 Å². The number of aliphatic carboxylic acids is 2. The molecular formula is C17H24O7. The predicted molar refractivity (Wildman–Crippen MR) is 86.7 cm³/mol. The molecule has 24 heavy (non-hydrogen) atoms. The highest BCUT2D eigenvalue weighted by Crippen LogP contribution is 2.08. The van der Waals surface area contributed by atoms with Gasteiger partial charge in [-0.15, -0.1) is 0 Å². The summed E-state index contributed by atoms with van der Waals surface area (Å²) in [6.45, 7) is 0. The number of benzene rings is 1. The van der Waals surface area contributed by atoms with E-state index in [0.29, 0.717) is 5.56 Å². The summed E-state index contributed by atoms with van der Waals surface area (Å²) in [5.41, 5.74) is 0.338. The molecule has 0 aromatic heterocycles. The van der Waals surface area contributed by atoms with Gasteiger partial charge < -0.3 is 10.2 Å². The van der Waals surface area contributed by atoms with E-state index in [2.05, 4.69) is 4.89 Å². The molecule has 0 saturated carbocycles. The van der Waals surface area contributed by atoms with Gasteiger partial charge in [-0.05, 0) is 25.0 Å². The molecule has 3 N–H and O–H groups in total. The molecule has 0 aliphatic rings. The normalized spacial score (nSPS) is 9.54. The smallest absolute Gasteiger partial charge is 0.372 e. The zero-order valence-corrected chi connectivity index (χ0v) is 13.5. The monoisotopic (exact) mass is 340 g/mol. The van der Waals surface area contributed by atoms with Crippen molar-refractivity contribution in [2.24, 2.45) is 0 Å². The zero-order chi connectivity index (χ0) is 18.2. The highest BCUT2D eigenvalue weighted by Gasteiger charge is 2.03. The van der Waals surface area contributed by atoms with Gasteiger partial charge in [0.25, 0.3) is 0 Å². The van der Waals surface area contributed by atoms with E-state index in [0.717, 1.165) is 38.5 Å². The van der Waals surface area contributed by atoms with Crippen molar-refractivity contribution in [3.8, 4) is 0 Å². The Bertz CT molecular complexity index is 465. The molecule has 0 radical (unpaired) electrons. The van der Waals surface area contributed by atoms with Gasteiger partial charge in [0, 0.05) is 12.8 Å². The highest BCUT2D eigenvalue weighted by atomic mass is 17.1. The van der Waals surface area contributed by atoms with Gasteiger partial charge in [0.2, 0.25) is 0 Å². The number of carboxylic acids is 2. The number of unbranched alkanes of at least 4 members (excludes halogenated alkanes) is 5. The maximum Gasteiger partial charge on any atom is 0.372 e. The number of carbonyl (C=O) groups is 3. The van der Waals surface area contributed by atoms with Gasteiger partial charge in [0.15, 0.2) is 0 Å². The molecule has 1 rings (SSSR count). The van der Waals surface area contributed by atoms with E-state index in [1.807, 2.05) is 0 Å². The summed E-state index contributed by atoms with van der Waals surface area (Å²) < 4.78 is 0. The van der Waals surface area contributed by atoms with Gasteiger partial charge in [-0.25, -0.2) is 4.79 Å². The van der Waals surface area contributed by atoms with Gasteiger partial charge >= 0.3 is 17.9 Å². The highest BCUT2D eigenvalue weighted by molar-refractivity contribution is 5.88. The summed E-state index contributed by atoms with van der Waals surface area (Å²) in [7, 11) is 0.